The Balaban J connectivity index is 1.76. The molecule has 3 aromatic rings. The van der Waals surface area contributed by atoms with E-state index in [4.69, 9.17) is 0 Å². The van der Waals surface area contributed by atoms with Crippen molar-refractivity contribution >= 4 is 22.7 Å². The van der Waals surface area contributed by atoms with Gasteiger partial charge in [-0.2, -0.15) is 0 Å². The molecule has 5 heteroatoms. The molecular formula is C16H13FN2OS. The highest BCUT2D eigenvalue weighted by Gasteiger charge is 2.05. The predicted octanol–water partition coefficient (Wildman–Crippen LogP) is 3.33. The Morgan fingerprint density at radius 1 is 1.10 bits per heavy atom. The van der Waals surface area contributed by atoms with Crippen molar-refractivity contribution in [2.24, 2.45) is 0 Å². The van der Waals surface area contributed by atoms with E-state index in [1.807, 2.05) is 18.2 Å². The van der Waals surface area contributed by atoms with Crippen molar-refractivity contribution in [3.05, 3.63) is 71.0 Å². The second-order valence-electron chi connectivity index (χ2n) is 4.54. The summed E-state index contributed by atoms with van der Waals surface area (Å²) >= 11 is 1.39. The molecule has 0 fully saturated rings. The molecular weight excluding hydrogens is 287 g/mol. The van der Waals surface area contributed by atoms with E-state index >= 15 is 0 Å². The second-order valence-corrected chi connectivity index (χ2v) is 5.68. The number of halogens is 1. The van der Waals surface area contributed by atoms with Crippen LogP contribution in [0.25, 0.3) is 10.9 Å². The van der Waals surface area contributed by atoms with Gasteiger partial charge >= 0.3 is 0 Å². The van der Waals surface area contributed by atoms with Gasteiger partial charge in [0.25, 0.3) is 5.56 Å². The zero-order chi connectivity index (χ0) is 14.7. The van der Waals surface area contributed by atoms with E-state index in [0.717, 1.165) is 0 Å². The molecule has 1 heterocycles. The van der Waals surface area contributed by atoms with Gasteiger partial charge in [0, 0.05) is 17.2 Å². The summed E-state index contributed by atoms with van der Waals surface area (Å²) in [6.45, 7) is 0.496. The van der Waals surface area contributed by atoms with Gasteiger partial charge in [0.1, 0.15) is 5.82 Å². The van der Waals surface area contributed by atoms with E-state index in [2.05, 4.69) is 4.98 Å². The lowest BCUT2D eigenvalue weighted by Gasteiger charge is -2.07. The third kappa shape index (κ3) is 2.97. The molecule has 0 bridgehead atoms. The van der Waals surface area contributed by atoms with Crippen LogP contribution in [0.3, 0.4) is 0 Å². The topological polar surface area (TPSA) is 34.9 Å². The average Bonchev–Trinajstić information content (AvgIpc) is 2.52. The molecule has 0 aliphatic heterocycles. The highest BCUT2D eigenvalue weighted by atomic mass is 32.2. The summed E-state index contributed by atoms with van der Waals surface area (Å²) in [6, 6.07) is 13.9. The van der Waals surface area contributed by atoms with Gasteiger partial charge in [-0.1, -0.05) is 24.3 Å². The maximum absolute atomic E-state index is 13.5. The van der Waals surface area contributed by atoms with Gasteiger partial charge in [0.05, 0.1) is 17.2 Å². The fourth-order valence-electron chi connectivity index (χ4n) is 2.08. The van der Waals surface area contributed by atoms with E-state index < -0.39 is 0 Å². The highest BCUT2D eigenvalue weighted by Crippen LogP contribution is 2.21. The van der Waals surface area contributed by atoms with Crippen LogP contribution >= 0.6 is 11.8 Å². The number of para-hydroxylation sites is 1. The highest BCUT2D eigenvalue weighted by molar-refractivity contribution is 7.99. The predicted molar refractivity (Wildman–Crippen MR) is 83.1 cm³/mol. The number of aryl methyl sites for hydroxylation is 1. The first-order valence-electron chi connectivity index (χ1n) is 6.57. The van der Waals surface area contributed by atoms with Crippen LogP contribution in [0.1, 0.15) is 0 Å². The Morgan fingerprint density at radius 2 is 1.86 bits per heavy atom. The number of thioether (sulfide) groups is 1. The van der Waals surface area contributed by atoms with Gasteiger partial charge < -0.3 is 0 Å². The number of fused-ring (bicyclic) bond motifs is 1. The lowest BCUT2D eigenvalue weighted by Crippen LogP contribution is -2.21. The molecule has 0 aliphatic carbocycles. The lowest BCUT2D eigenvalue weighted by atomic mass is 10.2. The Labute approximate surface area is 125 Å². The summed E-state index contributed by atoms with van der Waals surface area (Å²) in [5, 5.41) is 0.607. The molecule has 3 rings (SSSR count). The number of benzene rings is 2. The van der Waals surface area contributed by atoms with Crippen LogP contribution < -0.4 is 5.56 Å². The summed E-state index contributed by atoms with van der Waals surface area (Å²) in [6.07, 6.45) is 1.55. The smallest absolute Gasteiger partial charge is 0.261 e. The van der Waals surface area contributed by atoms with E-state index in [9.17, 15) is 9.18 Å². The molecule has 0 spiro atoms. The first-order chi connectivity index (χ1) is 10.3. The van der Waals surface area contributed by atoms with Crippen molar-refractivity contribution in [3.8, 4) is 0 Å². The maximum Gasteiger partial charge on any atom is 0.261 e. The summed E-state index contributed by atoms with van der Waals surface area (Å²) < 4.78 is 15.1. The average molecular weight is 300 g/mol. The largest absolute Gasteiger partial charge is 0.298 e. The van der Waals surface area contributed by atoms with E-state index in [0.29, 0.717) is 28.1 Å². The van der Waals surface area contributed by atoms with Crippen molar-refractivity contribution in [2.45, 2.75) is 11.4 Å². The summed E-state index contributed by atoms with van der Waals surface area (Å²) in [5.41, 5.74) is 0.634. The SMILES string of the molecule is O=c1c2ccccc2ncn1CCSc1ccccc1F. The van der Waals surface area contributed by atoms with Crippen molar-refractivity contribution in [2.75, 3.05) is 5.75 Å². The molecule has 0 N–H and O–H groups in total. The van der Waals surface area contributed by atoms with Gasteiger partial charge in [0.15, 0.2) is 0 Å². The lowest BCUT2D eigenvalue weighted by molar-refractivity contribution is 0.601. The van der Waals surface area contributed by atoms with Crippen LogP contribution in [-0.4, -0.2) is 15.3 Å². The summed E-state index contributed by atoms with van der Waals surface area (Å²) in [5.74, 6) is 0.382. The molecule has 106 valence electrons. The molecule has 21 heavy (non-hydrogen) atoms. The molecule has 0 saturated carbocycles. The van der Waals surface area contributed by atoms with Crippen LogP contribution in [0.15, 0.2) is 64.5 Å². The van der Waals surface area contributed by atoms with E-state index in [-0.39, 0.29) is 11.4 Å². The molecule has 2 aromatic carbocycles. The Morgan fingerprint density at radius 3 is 2.71 bits per heavy atom. The van der Waals surface area contributed by atoms with Crippen LogP contribution in [0.5, 0.6) is 0 Å². The minimum absolute atomic E-state index is 0.0604. The Hall–Kier alpha value is -2.14. The zero-order valence-electron chi connectivity index (χ0n) is 11.2. The fraction of sp³-hybridized carbons (Fsp3) is 0.125. The molecule has 0 amide bonds. The first kappa shape index (κ1) is 13.8. The van der Waals surface area contributed by atoms with Gasteiger partial charge in [-0.15, -0.1) is 11.8 Å². The van der Waals surface area contributed by atoms with Gasteiger partial charge in [-0.25, -0.2) is 9.37 Å². The second kappa shape index (κ2) is 6.10. The number of rotatable bonds is 4. The summed E-state index contributed by atoms with van der Waals surface area (Å²) in [7, 11) is 0. The van der Waals surface area contributed by atoms with Crippen LogP contribution in [0, 0.1) is 5.82 Å². The van der Waals surface area contributed by atoms with Crippen molar-refractivity contribution < 1.29 is 4.39 Å². The van der Waals surface area contributed by atoms with Crippen molar-refractivity contribution in [3.63, 3.8) is 0 Å². The molecule has 0 unspecified atom stereocenters. The quantitative estimate of drug-likeness (QED) is 0.693. The van der Waals surface area contributed by atoms with Crippen molar-refractivity contribution in [1.29, 1.82) is 0 Å². The van der Waals surface area contributed by atoms with Gasteiger partial charge in [-0.05, 0) is 24.3 Å². The molecule has 3 nitrogen and oxygen atoms in total. The monoisotopic (exact) mass is 300 g/mol. The van der Waals surface area contributed by atoms with Crippen LogP contribution in [-0.2, 0) is 6.54 Å². The molecule has 0 atom stereocenters. The molecule has 1 aromatic heterocycles. The number of nitrogens with zero attached hydrogens (tertiary/aromatic N) is 2. The van der Waals surface area contributed by atoms with Gasteiger partial charge in [0.2, 0.25) is 0 Å². The standard InChI is InChI=1S/C16H13FN2OS/c17-13-6-2-4-8-15(13)21-10-9-19-11-18-14-7-3-1-5-12(14)16(19)20/h1-8,11H,9-10H2. The minimum atomic E-state index is -0.230. The molecule has 0 aliphatic rings. The van der Waals surface area contributed by atoms with E-state index in [1.165, 1.54) is 17.8 Å². The van der Waals surface area contributed by atoms with Gasteiger partial charge in [-0.3, -0.25) is 9.36 Å². The third-order valence-electron chi connectivity index (χ3n) is 3.16. The normalized spacial score (nSPS) is 10.9. The Bertz CT molecular complexity index is 832. The number of aromatic nitrogens is 2. The Kier molecular flexibility index (Phi) is 4.01. The summed E-state index contributed by atoms with van der Waals surface area (Å²) in [4.78, 5) is 17.1. The molecule has 0 radical (unpaired) electrons. The van der Waals surface area contributed by atoms with Crippen LogP contribution in [0.2, 0.25) is 0 Å². The minimum Gasteiger partial charge on any atom is -0.298 e. The van der Waals surface area contributed by atoms with E-state index in [1.54, 1.807) is 35.2 Å². The number of hydrogen-bond donors (Lipinski definition) is 0. The fourth-order valence-corrected chi connectivity index (χ4v) is 2.97. The third-order valence-corrected chi connectivity index (χ3v) is 4.19. The first-order valence-corrected chi connectivity index (χ1v) is 7.56. The number of hydrogen-bond acceptors (Lipinski definition) is 3. The zero-order valence-corrected chi connectivity index (χ0v) is 12.0. The molecule has 0 saturated heterocycles. The van der Waals surface area contributed by atoms with Crippen LogP contribution in [0.4, 0.5) is 4.39 Å². The van der Waals surface area contributed by atoms with Crippen molar-refractivity contribution in [1.82, 2.24) is 9.55 Å². The maximum atomic E-state index is 13.5.